The fourth-order valence-electron chi connectivity index (χ4n) is 3.76. The minimum Gasteiger partial charge on any atom is -0.463 e. The van der Waals surface area contributed by atoms with Crippen molar-refractivity contribution in [1.29, 1.82) is 0 Å². The molecule has 0 bridgehead atoms. The van der Waals surface area contributed by atoms with Crippen molar-refractivity contribution in [3.63, 3.8) is 0 Å². The molecule has 9 heteroatoms. The third-order valence-electron chi connectivity index (χ3n) is 5.79. The molecule has 3 aliphatic heterocycles. The van der Waals surface area contributed by atoms with Crippen LogP contribution in [0.2, 0.25) is 0 Å². The van der Waals surface area contributed by atoms with Crippen LogP contribution in [0, 0.1) is 23.7 Å². The molecule has 0 aromatic rings. The van der Waals surface area contributed by atoms with Crippen molar-refractivity contribution in [3.05, 3.63) is 12.2 Å². The molecule has 166 valence electrons. The number of ether oxygens (including phenoxy) is 6. The van der Waals surface area contributed by atoms with Gasteiger partial charge in [-0.1, -0.05) is 19.1 Å². The molecule has 3 heterocycles. The average molecular weight is 424 g/mol. The van der Waals surface area contributed by atoms with Crippen LogP contribution in [0.1, 0.15) is 19.8 Å². The van der Waals surface area contributed by atoms with E-state index in [9.17, 15) is 14.4 Å². The van der Waals surface area contributed by atoms with Gasteiger partial charge in [0.1, 0.15) is 38.1 Å². The van der Waals surface area contributed by atoms with Crippen molar-refractivity contribution in [2.24, 2.45) is 23.7 Å². The number of carbonyl (C=O) groups excluding carboxylic acids is 3. The first kappa shape index (κ1) is 21.3. The maximum absolute atomic E-state index is 13.0. The third kappa shape index (κ3) is 5.80. The van der Waals surface area contributed by atoms with Crippen LogP contribution in [0.4, 0.5) is 0 Å². The molecular formula is C21H28O9. The number of hydrogen-bond donors (Lipinski definition) is 0. The maximum atomic E-state index is 13.0. The van der Waals surface area contributed by atoms with Crippen molar-refractivity contribution in [2.75, 3.05) is 39.6 Å². The Morgan fingerprint density at radius 2 is 1.20 bits per heavy atom. The van der Waals surface area contributed by atoms with Crippen LogP contribution in [0.15, 0.2) is 12.2 Å². The molecule has 4 aliphatic rings. The van der Waals surface area contributed by atoms with E-state index in [4.69, 9.17) is 28.4 Å². The van der Waals surface area contributed by atoms with Crippen molar-refractivity contribution in [1.82, 2.24) is 0 Å². The number of esters is 3. The van der Waals surface area contributed by atoms with E-state index < -0.39 is 35.7 Å². The highest BCUT2D eigenvalue weighted by Crippen LogP contribution is 2.40. The first-order chi connectivity index (χ1) is 14.5. The molecule has 7 unspecified atom stereocenters. The van der Waals surface area contributed by atoms with Crippen molar-refractivity contribution in [3.8, 4) is 0 Å². The summed E-state index contributed by atoms with van der Waals surface area (Å²) in [5, 5.41) is 0. The van der Waals surface area contributed by atoms with Gasteiger partial charge in [0.05, 0.1) is 38.1 Å². The normalized spacial score (nSPS) is 36.0. The Hall–Kier alpha value is -1.97. The van der Waals surface area contributed by atoms with Gasteiger partial charge < -0.3 is 28.4 Å². The van der Waals surface area contributed by atoms with E-state index >= 15 is 0 Å². The molecule has 0 aromatic carbocycles. The molecule has 0 spiro atoms. The Labute approximate surface area is 174 Å². The second-order valence-electron chi connectivity index (χ2n) is 8.19. The Morgan fingerprint density at radius 1 is 0.767 bits per heavy atom. The summed E-state index contributed by atoms with van der Waals surface area (Å²) in [5.41, 5.74) is 0. The van der Waals surface area contributed by atoms with Crippen molar-refractivity contribution < 1.29 is 42.8 Å². The number of hydrogen-bond acceptors (Lipinski definition) is 9. The molecule has 7 atom stereocenters. The summed E-state index contributed by atoms with van der Waals surface area (Å²) >= 11 is 0. The molecule has 1 aliphatic carbocycles. The van der Waals surface area contributed by atoms with Crippen LogP contribution in [-0.2, 0) is 42.8 Å². The van der Waals surface area contributed by atoms with E-state index in [1.165, 1.54) is 0 Å². The fraction of sp³-hybridized carbons (Fsp3) is 0.762. The largest absolute Gasteiger partial charge is 0.463 e. The van der Waals surface area contributed by atoms with Gasteiger partial charge in [0.2, 0.25) is 0 Å². The number of carbonyl (C=O) groups is 3. The molecule has 0 aromatic heterocycles. The van der Waals surface area contributed by atoms with Gasteiger partial charge in [0.25, 0.3) is 0 Å². The van der Waals surface area contributed by atoms with Gasteiger partial charge in [-0.05, 0) is 12.3 Å². The first-order valence-corrected chi connectivity index (χ1v) is 10.6. The molecular weight excluding hydrogens is 396 g/mol. The summed E-state index contributed by atoms with van der Waals surface area (Å²) in [5.74, 6) is -3.65. The average Bonchev–Trinajstić information content (AvgIpc) is 3.59. The summed E-state index contributed by atoms with van der Waals surface area (Å²) in [6, 6.07) is 0. The Kier molecular flexibility index (Phi) is 6.70. The van der Waals surface area contributed by atoms with Crippen LogP contribution in [0.3, 0.4) is 0 Å². The lowest BCUT2D eigenvalue weighted by molar-refractivity contribution is -0.166. The van der Waals surface area contributed by atoms with Gasteiger partial charge in [0, 0.05) is 5.92 Å². The minimum absolute atomic E-state index is 0.0190. The Balaban J connectivity index is 1.46. The topological polar surface area (TPSA) is 116 Å². The van der Waals surface area contributed by atoms with Gasteiger partial charge in [0.15, 0.2) is 0 Å². The Bertz CT molecular complexity index is 678. The highest BCUT2D eigenvalue weighted by Gasteiger charge is 2.47. The SMILES string of the molecule is CCC1C=CC(CC(=O)OCC2CO2)C(C(=O)OCC2CO2)C1C(=O)OCC1CO1. The minimum atomic E-state index is -0.823. The van der Waals surface area contributed by atoms with E-state index in [0.29, 0.717) is 26.2 Å². The van der Waals surface area contributed by atoms with Gasteiger partial charge in [-0.2, -0.15) is 0 Å². The zero-order valence-corrected chi connectivity index (χ0v) is 17.0. The predicted molar refractivity (Wildman–Crippen MR) is 100 cm³/mol. The lowest BCUT2D eigenvalue weighted by Crippen LogP contribution is -2.44. The summed E-state index contributed by atoms with van der Waals surface area (Å²) in [6.07, 6.45) is 4.17. The van der Waals surface area contributed by atoms with E-state index in [1.807, 2.05) is 19.1 Å². The molecule has 0 saturated carbocycles. The van der Waals surface area contributed by atoms with E-state index in [2.05, 4.69) is 0 Å². The molecule has 4 rings (SSSR count). The predicted octanol–water partition coefficient (Wildman–Crippen LogP) is 0.647. The second kappa shape index (κ2) is 9.45. The number of rotatable bonds is 11. The van der Waals surface area contributed by atoms with Crippen molar-refractivity contribution >= 4 is 17.9 Å². The zero-order valence-electron chi connectivity index (χ0n) is 17.0. The van der Waals surface area contributed by atoms with Gasteiger partial charge >= 0.3 is 17.9 Å². The smallest absolute Gasteiger partial charge is 0.310 e. The molecule has 30 heavy (non-hydrogen) atoms. The first-order valence-electron chi connectivity index (χ1n) is 10.6. The van der Waals surface area contributed by atoms with E-state index in [1.54, 1.807) is 0 Å². The number of epoxide rings is 3. The van der Waals surface area contributed by atoms with Crippen LogP contribution < -0.4 is 0 Å². The summed E-state index contributed by atoms with van der Waals surface area (Å²) in [7, 11) is 0. The molecule has 0 N–H and O–H groups in total. The summed E-state index contributed by atoms with van der Waals surface area (Å²) in [4.78, 5) is 38.3. The fourth-order valence-corrected chi connectivity index (χ4v) is 3.76. The van der Waals surface area contributed by atoms with Crippen LogP contribution in [0.25, 0.3) is 0 Å². The maximum Gasteiger partial charge on any atom is 0.310 e. The highest BCUT2D eigenvalue weighted by molar-refractivity contribution is 5.84. The van der Waals surface area contributed by atoms with Crippen LogP contribution in [0.5, 0.6) is 0 Å². The molecule has 9 nitrogen and oxygen atoms in total. The lowest BCUT2D eigenvalue weighted by Gasteiger charge is -2.36. The highest BCUT2D eigenvalue weighted by atomic mass is 16.6. The van der Waals surface area contributed by atoms with Crippen LogP contribution >= 0.6 is 0 Å². The van der Waals surface area contributed by atoms with Gasteiger partial charge in [-0.25, -0.2) is 0 Å². The van der Waals surface area contributed by atoms with Gasteiger partial charge in [-0.15, -0.1) is 0 Å². The van der Waals surface area contributed by atoms with Gasteiger partial charge in [-0.3, -0.25) is 14.4 Å². The lowest BCUT2D eigenvalue weighted by atomic mass is 9.68. The molecule has 3 fully saturated rings. The van der Waals surface area contributed by atoms with E-state index in [0.717, 1.165) is 0 Å². The monoisotopic (exact) mass is 424 g/mol. The summed E-state index contributed by atoms with van der Waals surface area (Å²) < 4.78 is 31.4. The standard InChI is InChI=1S/C21H28O9/c1-2-12-3-4-13(5-17(22)28-9-14-6-25-14)19(21(24)30-11-16-8-27-16)18(12)20(23)29-10-15-7-26-15/h3-4,12-16,18-19H,2,5-11H2,1H3. The third-order valence-corrected chi connectivity index (χ3v) is 5.79. The zero-order chi connectivity index (χ0) is 21.1. The number of allylic oxidation sites excluding steroid dienone is 2. The summed E-state index contributed by atoms with van der Waals surface area (Å²) in [6.45, 7) is 4.18. The van der Waals surface area contributed by atoms with E-state index in [-0.39, 0.29) is 50.5 Å². The molecule has 0 radical (unpaired) electrons. The quantitative estimate of drug-likeness (QED) is 0.204. The molecule has 3 saturated heterocycles. The van der Waals surface area contributed by atoms with Crippen LogP contribution in [-0.4, -0.2) is 75.9 Å². The van der Waals surface area contributed by atoms with Crippen molar-refractivity contribution in [2.45, 2.75) is 38.1 Å². The second-order valence-corrected chi connectivity index (χ2v) is 8.19. The Morgan fingerprint density at radius 3 is 1.67 bits per heavy atom. The molecule has 0 amide bonds.